The number of nitrogens with one attached hydrogen (secondary N) is 1. The summed E-state index contributed by atoms with van der Waals surface area (Å²) in [5.41, 5.74) is -2.76. The molecule has 0 saturated carbocycles. The van der Waals surface area contributed by atoms with Crippen molar-refractivity contribution in [3.05, 3.63) is 28.7 Å². The zero-order valence-electron chi connectivity index (χ0n) is 12.2. The van der Waals surface area contributed by atoms with Gasteiger partial charge in [-0.1, -0.05) is 15.9 Å². The van der Waals surface area contributed by atoms with Crippen LogP contribution in [0.2, 0.25) is 0 Å². The van der Waals surface area contributed by atoms with Gasteiger partial charge in [-0.25, -0.2) is 0 Å². The van der Waals surface area contributed by atoms with Crippen LogP contribution in [0.15, 0.2) is 28.7 Å². The summed E-state index contributed by atoms with van der Waals surface area (Å²) in [4.78, 5) is 12.0. The van der Waals surface area contributed by atoms with Gasteiger partial charge in [0.2, 0.25) is 0 Å². The molecule has 1 aromatic carbocycles. The topological polar surface area (TPSA) is 56.8 Å². The van der Waals surface area contributed by atoms with Gasteiger partial charge in [0.15, 0.2) is 0 Å². The van der Waals surface area contributed by atoms with E-state index in [0.717, 1.165) is 0 Å². The molecule has 1 saturated heterocycles. The molecular weight excluding hydrogens is 383 g/mol. The van der Waals surface area contributed by atoms with Crippen molar-refractivity contribution in [3.63, 3.8) is 0 Å². The number of carbonyl (C=O) groups excluding carboxylic acids is 1. The van der Waals surface area contributed by atoms with Gasteiger partial charge in [-0.05, 0) is 31.2 Å². The van der Waals surface area contributed by atoms with Gasteiger partial charge in [0, 0.05) is 10.2 Å². The Balaban J connectivity index is 2.39. The average Bonchev–Trinajstić information content (AvgIpc) is 2.49. The first-order chi connectivity index (χ1) is 10.8. The van der Waals surface area contributed by atoms with E-state index >= 15 is 0 Å². The Morgan fingerprint density at radius 2 is 2.09 bits per heavy atom. The normalized spacial score (nSPS) is 25.0. The second-order valence-corrected chi connectivity index (χ2v) is 5.72. The van der Waals surface area contributed by atoms with Crippen LogP contribution >= 0.6 is 15.9 Å². The summed E-state index contributed by atoms with van der Waals surface area (Å²) in [6.07, 6.45) is -4.86. The third-order valence-corrected chi connectivity index (χ3v) is 3.84. The van der Waals surface area contributed by atoms with Crippen molar-refractivity contribution >= 4 is 27.6 Å². The lowest BCUT2D eigenvalue weighted by molar-refractivity contribution is -0.331. The molecule has 1 N–H and O–H groups in total. The summed E-state index contributed by atoms with van der Waals surface area (Å²) in [7, 11) is 0. The Morgan fingerprint density at radius 1 is 1.43 bits per heavy atom. The van der Waals surface area contributed by atoms with Gasteiger partial charge >= 0.3 is 12.1 Å². The van der Waals surface area contributed by atoms with E-state index in [-0.39, 0.29) is 12.3 Å². The molecule has 9 heteroatoms. The Kier molecular flexibility index (Phi) is 5.53. The fraction of sp³-hybridized carbons (Fsp3) is 0.500. The number of halogens is 4. The summed E-state index contributed by atoms with van der Waals surface area (Å²) in [5.74, 6) is -2.71. The van der Waals surface area contributed by atoms with Crippen LogP contribution in [0.25, 0.3) is 0 Å². The van der Waals surface area contributed by atoms with Crippen LogP contribution in [-0.4, -0.2) is 37.9 Å². The smallest absolute Gasteiger partial charge is 0.437 e. The minimum atomic E-state index is -4.86. The van der Waals surface area contributed by atoms with E-state index in [1.807, 2.05) is 0 Å². The van der Waals surface area contributed by atoms with Gasteiger partial charge in [0.05, 0.1) is 13.2 Å². The highest BCUT2D eigenvalue weighted by molar-refractivity contribution is 9.10. The Bertz CT molecular complexity index is 552. The SMILES string of the molecule is CCOC(=O)[C@H]1COCO[C@]1(Nc1ccc(Br)cc1)C(F)(F)F. The van der Waals surface area contributed by atoms with Crippen LogP contribution in [0.3, 0.4) is 0 Å². The van der Waals surface area contributed by atoms with Crippen molar-refractivity contribution in [2.24, 2.45) is 5.92 Å². The molecule has 0 unspecified atom stereocenters. The monoisotopic (exact) mass is 397 g/mol. The highest BCUT2D eigenvalue weighted by Crippen LogP contribution is 2.43. The Labute approximate surface area is 139 Å². The van der Waals surface area contributed by atoms with Crippen molar-refractivity contribution < 1.29 is 32.2 Å². The van der Waals surface area contributed by atoms with Gasteiger partial charge in [-0.15, -0.1) is 0 Å². The molecule has 23 heavy (non-hydrogen) atoms. The number of esters is 1. The van der Waals surface area contributed by atoms with E-state index in [2.05, 4.69) is 21.2 Å². The maximum absolute atomic E-state index is 13.8. The van der Waals surface area contributed by atoms with Crippen LogP contribution in [-0.2, 0) is 19.0 Å². The van der Waals surface area contributed by atoms with Crippen LogP contribution in [0.4, 0.5) is 18.9 Å². The van der Waals surface area contributed by atoms with E-state index in [1.165, 1.54) is 19.1 Å². The standard InChI is InChI=1S/C14H15BrF3NO4/c1-2-22-12(20)11-7-21-8-23-13(11,14(16,17)18)19-10-5-3-9(15)4-6-10/h3-6,11,19H,2,7-8H2,1H3/t11-,13+/m1/s1. The molecule has 0 radical (unpaired) electrons. The molecule has 128 valence electrons. The summed E-state index contributed by atoms with van der Waals surface area (Å²) < 4.78 is 56.5. The number of alkyl halides is 3. The van der Waals surface area contributed by atoms with Crippen molar-refractivity contribution in [2.45, 2.75) is 18.8 Å². The fourth-order valence-corrected chi connectivity index (χ4v) is 2.48. The van der Waals surface area contributed by atoms with Crippen LogP contribution in [0, 0.1) is 5.92 Å². The van der Waals surface area contributed by atoms with Gasteiger partial charge in [0.1, 0.15) is 12.7 Å². The lowest BCUT2D eigenvalue weighted by Crippen LogP contribution is -2.65. The molecule has 0 aliphatic carbocycles. The van der Waals surface area contributed by atoms with Crippen LogP contribution in [0.1, 0.15) is 6.92 Å². The van der Waals surface area contributed by atoms with E-state index < -0.39 is 37.2 Å². The molecule has 0 bridgehead atoms. The number of hydrogen-bond donors (Lipinski definition) is 1. The fourth-order valence-electron chi connectivity index (χ4n) is 2.22. The molecule has 1 fully saturated rings. The summed E-state index contributed by atoms with van der Waals surface area (Å²) in [5, 5.41) is 2.30. The van der Waals surface area contributed by atoms with Crippen LogP contribution < -0.4 is 5.32 Å². The number of carbonyl (C=O) groups is 1. The molecule has 1 heterocycles. The second-order valence-electron chi connectivity index (χ2n) is 4.80. The zero-order chi connectivity index (χ0) is 17.1. The van der Waals surface area contributed by atoms with Crippen molar-refractivity contribution in [3.8, 4) is 0 Å². The number of benzene rings is 1. The average molecular weight is 398 g/mol. The number of hydrogen-bond acceptors (Lipinski definition) is 5. The highest BCUT2D eigenvalue weighted by atomic mass is 79.9. The first-order valence-electron chi connectivity index (χ1n) is 6.79. The molecule has 0 amide bonds. The Hall–Kier alpha value is -1.32. The zero-order valence-corrected chi connectivity index (χ0v) is 13.7. The first-order valence-corrected chi connectivity index (χ1v) is 7.58. The summed E-state index contributed by atoms with van der Waals surface area (Å²) >= 11 is 3.20. The maximum Gasteiger partial charge on any atom is 0.437 e. The molecule has 5 nitrogen and oxygen atoms in total. The number of rotatable bonds is 4. The predicted octanol–water partition coefficient (Wildman–Crippen LogP) is 3.30. The van der Waals surface area contributed by atoms with E-state index in [1.54, 1.807) is 12.1 Å². The number of ether oxygens (including phenoxy) is 3. The lowest BCUT2D eigenvalue weighted by atomic mass is 9.93. The highest BCUT2D eigenvalue weighted by Gasteiger charge is 2.65. The summed E-state index contributed by atoms with van der Waals surface area (Å²) in [6, 6.07) is 6.04. The lowest BCUT2D eigenvalue weighted by Gasteiger charge is -2.43. The third kappa shape index (κ3) is 3.78. The van der Waals surface area contributed by atoms with Gasteiger partial charge < -0.3 is 19.5 Å². The second kappa shape index (κ2) is 7.06. The molecule has 0 spiro atoms. The van der Waals surface area contributed by atoms with E-state index in [9.17, 15) is 18.0 Å². The van der Waals surface area contributed by atoms with E-state index in [0.29, 0.717) is 4.47 Å². The van der Waals surface area contributed by atoms with Crippen molar-refractivity contribution in [1.82, 2.24) is 0 Å². The van der Waals surface area contributed by atoms with Gasteiger partial charge in [-0.3, -0.25) is 4.79 Å². The van der Waals surface area contributed by atoms with Crippen molar-refractivity contribution in [2.75, 3.05) is 25.3 Å². The molecular formula is C14H15BrF3NO4. The van der Waals surface area contributed by atoms with Crippen LogP contribution in [0.5, 0.6) is 0 Å². The molecule has 0 aromatic heterocycles. The minimum absolute atomic E-state index is 0.0401. The van der Waals surface area contributed by atoms with Gasteiger partial charge in [-0.2, -0.15) is 13.2 Å². The molecule has 1 aliphatic rings. The molecule has 2 rings (SSSR count). The summed E-state index contributed by atoms with van der Waals surface area (Å²) in [6.45, 7) is 0.433. The minimum Gasteiger partial charge on any atom is -0.466 e. The van der Waals surface area contributed by atoms with Crippen molar-refractivity contribution in [1.29, 1.82) is 0 Å². The maximum atomic E-state index is 13.8. The quantitative estimate of drug-likeness (QED) is 0.789. The largest absolute Gasteiger partial charge is 0.466 e. The third-order valence-electron chi connectivity index (χ3n) is 3.31. The van der Waals surface area contributed by atoms with E-state index in [4.69, 9.17) is 14.2 Å². The first kappa shape index (κ1) is 18.0. The van der Waals surface area contributed by atoms with Gasteiger partial charge in [0.25, 0.3) is 5.72 Å². The molecule has 2 atom stereocenters. The Morgan fingerprint density at radius 3 is 2.65 bits per heavy atom. The number of anilines is 1. The molecule has 1 aromatic rings. The predicted molar refractivity (Wildman–Crippen MR) is 78.6 cm³/mol. The molecule has 1 aliphatic heterocycles.